The molecule has 0 aliphatic carbocycles. The molecule has 0 saturated carbocycles. The number of primary amides is 2. The molecule has 12 amide bonds. The third kappa shape index (κ3) is 22.3. The van der Waals surface area contributed by atoms with E-state index in [1.54, 1.807) is 0 Å². The van der Waals surface area contributed by atoms with Gasteiger partial charge >= 0.3 is 5.97 Å². The van der Waals surface area contributed by atoms with Gasteiger partial charge in [0.05, 0.1) is 37.7 Å². The molecule has 74 heavy (non-hydrogen) atoms. The molecule has 1 aromatic heterocycles. The van der Waals surface area contributed by atoms with Crippen molar-refractivity contribution >= 4 is 98.4 Å². The van der Waals surface area contributed by atoms with Crippen molar-refractivity contribution in [3.63, 3.8) is 0 Å². The minimum absolute atomic E-state index is 0.219. The number of hydrogen-bond donors (Lipinski definition) is 18. The highest BCUT2D eigenvalue weighted by Gasteiger charge is 2.36. The number of amides is 12. The number of nitrogens with zero attached hydrogens (tertiary/aromatic N) is 1. The smallest absolute Gasteiger partial charge is 0.322 e. The maximum atomic E-state index is 14.1. The third-order valence-corrected chi connectivity index (χ3v) is 12.7. The lowest BCUT2D eigenvalue weighted by Gasteiger charge is -2.28. The maximum Gasteiger partial charge on any atom is 0.322 e. The molecule has 1 aliphatic rings. The van der Waals surface area contributed by atoms with E-state index < -0.39 is 201 Å². The largest absolute Gasteiger partial charge is 0.480 e. The number of nitrogens with one attached hydrogen (secondary N) is 11. The molecule has 0 bridgehead atoms. The van der Waals surface area contributed by atoms with E-state index in [9.17, 15) is 82.8 Å². The van der Waals surface area contributed by atoms with E-state index in [1.807, 2.05) is 0 Å². The Hall–Kier alpha value is -7.14. The van der Waals surface area contributed by atoms with Crippen molar-refractivity contribution in [2.24, 2.45) is 17.2 Å². The second-order valence-electron chi connectivity index (χ2n) is 16.5. The molecule has 34 heteroatoms. The van der Waals surface area contributed by atoms with Gasteiger partial charge in [-0.2, -0.15) is 0 Å². The molecule has 412 valence electrons. The lowest BCUT2D eigenvalue weighted by molar-refractivity contribution is -0.138. The van der Waals surface area contributed by atoms with E-state index in [0.717, 1.165) is 35.4 Å². The number of aliphatic hydroxyl groups excluding tert-OH is 3. The summed E-state index contributed by atoms with van der Waals surface area (Å²) in [4.78, 5) is 177. The molecule has 32 nitrogen and oxygen atoms in total. The average Bonchev–Trinajstić information content (AvgIpc) is 3.84. The topological polar surface area (TPSA) is 530 Å². The number of carboxylic acids is 1. The number of hydrogen-bond acceptors (Lipinski definition) is 20. The molecular weight excluding hydrogens is 1030 g/mol. The molecule has 21 N–H and O–H groups in total. The molecule has 2 heterocycles. The van der Waals surface area contributed by atoms with Gasteiger partial charge in [0, 0.05) is 42.7 Å². The van der Waals surface area contributed by atoms with Crippen molar-refractivity contribution in [1.82, 2.24) is 63.1 Å². The van der Waals surface area contributed by atoms with Gasteiger partial charge in [0.15, 0.2) is 0 Å². The molecule has 5 unspecified atom stereocenters. The molecule has 0 radical (unpaired) electrons. The fourth-order valence-corrected chi connectivity index (χ4v) is 8.56. The van der Waals surface area contributed by atoms with E-state index in [0.29, 0.717) is 0 Å². The van der Waals surface area contributed by atoms with Crippen molar-refractivity contribution in [2.45, 2.75) is 119 Å². The van der Waals surface area contributed by atoms with Gasteiger partial charge in [-0.25, -0.2) is 4.98 Å². The van der Waals surface area contributed by atoms with Gasteiger partial charge in [0.2, 0.25) is 70.9 Å². The first kappa shape index (κ1) is 63.0. The van der Waals surface area contributed by atoms with Crippen LogP contribution >= 0.6 is 21.6 Å². The van der Waals surface area contributed by atoms with Gasteiger partial charge in [-0.3, -0.25) is 62.3 Å². The summed E-state index contributed by atoms with van der Waals surface area (Å²) >= 11 is 0. The summed E-state index contributed by atoms with van der Waals surface area (Å²) < 4.78 is 0. The van der Waals surface area contributed by atoms with E-state index in [2.05, 4.69) is 63.1 Å². The second kappa shape index (κ2) is 31.4. The molecule has 1 aromatic rings. The maximum absolute atomic E-state index is 14.1. The molecule has 1 fully saturated rings. The minimum atomic E-state index is -1.95. The van der Waals surface area contributed by atoms with Crippen LogP contribution in [0.2, 0.25) is 0 Å². The summed E-state index contributed by atoms with van der Waals surface area (Å²) in [7, 11) is 1.60. The van der Waals surface area contributed by atoms with Gasteiger partial charge in [0.25, 0.3) is 0 Å². The van der Waals surface area contributed by atoms with Gasteiger partial charge in [-0.15, -0.1) is 0 Å². The van der Waals surface area contributed by atoms with Crippen molar-refractivity contribution < 1.29 is 82.8 Å². The molecule has 2 rings (SSSR count). The molecule has 1 aliphatic heterocycles. The molecule has 11 atom stereocenters. The minimum Gasteiger partial charge on any atom is -0.480 e. The van der Waals surface area contributed by atoms with Crippen molar-refractivity contribution in [3.05, 3.63) is 18.2 Å². The number of aromatic amines is 1. The lowest BCUT2D eigenvalue weighted by Crippen LogP contribution is -2.62. The van der Waals surface area contributed by atoms with Crippen LogP contribution in [-0.2, 0) is 68.7 Å². The first-order valence-corrected chi connectivity index (χ1v) is 24.9. The average molecular weight is 1090 g/mol. The predicted molar refractivity (Wildman–Crippen MR) is 257 cm³/mol. The van der Waals surface area contributed by atoms with Gasteiger partial charge < -0.3 is 95.8 Å². The number of nitrogens with two attached hydrogens (primary N) is 3. The summed E-state index contributed by atoms with van der Waals surface area (Å²) in [6.45, 7) is 0.430. The third-order valence-electron chi connectivity index (χ3n) is 10.3. The molecule has 0 aromatic carbocycles. The molecule has 1 saturated heterocycles. The van der Waals surface area contributed by atoms with Crippen LogP contribution in [0, 0.1) is 0 Å². The van der Waals surface area contributed by atoms with Crippen LogP contribution in [0.5, 0.6) is 0 Å². The first-order valence-electron chi connectivity index (χ1n) is 22.4. The first-order chi connectivity index (χ1) is 34.7. The number of carboxylic acid groups (broad SMARTS) is 1. The van der Waals surface area contributed by atoms with Crippen LogP contribution in [0.25, 0.3) is 0 Å². The Morgan fingerprint density at radius 3 is 1.74 bits per heavy atom. The van der Waals surface area contributed by atoms with Gasteiger partial charge in [-0.05, 0) is 33.6 Å². The Bertz CT molecular complexity index is 2190. The number of H-pyrrole nitrogens is 1. The fourth-order valence-electron chi connectivity index (χ4n) is 6.24. The van der Waals surface area contributed by atoms with Crippen LogP contribution < -0.4 is 70.4 Å². The normalized spacial score (nSPS) is 25.1. The van der Waals surface area contributed by atoms with E-state index in [4.69, 9.17) is 17.2 Å². The highest BCUT2D eigenvalue weighted by atomic mass is 33.1. The van der Waals surface area contributed by atoms with Crippen LogP contribution in [0.15, 0.2) is 12.5 Å². The SMILES string of the molecule is C[C@H](N)C(=O)NC1CSSCC(C(=O)NCC(=O)O)NC(=O)[C@H](CCC(N)=O)NC(=O)C(Cc2cnc[nH]2)NC(=O)[C@H](CCC(N)=O)NC(=O)[C@H]([C@@H](C)O)NC(=O)C(CO)NC(=O)CNC(=O)C([C@@H](C)O)NC1=O. The highest BCUT2D eigenvalue weighted by molar-refractivity contribution is 8.76. The van der Waals surface area contributed by atoms with Gasteiger partial charge in [0.1, 0.15) is 54.9 Å². The predicted octanol–water partition coefficient (Wildman–Crippen LogP) is -9.83. The Morgan fingerprint density at radius 1 is 0.703 bits per heavy atom. The summed E-state index contributed by atoms with van der Waals surface area (Å²) in [5, 5.41) is 62.8. The monoisotopic (exact) mass is 1090 g/mol. The number of carbonyl (C=O) groups excluding carboxylic acids is 12. The Kier molecular flexibility index (Phi) is 26.8. The fraction of sp³-hybridized carbons (Fsp3) is 0.600. The second-order valence-corrected chi connectivity index (χ2v) is 19.1. The summed E-state index contributed by atoms with van der Waals surface area (Å²) in [6, 6.07) is -15.1. The van der Waals surface area contributed by atoms with E-state index >= 15 is 0 Å². The zero-order valence-corrected chi connectivity index (χ0v) is 41.8. The van der Waals surface area contributed by atoms with Gasteiger partial charge in [-0.1, -0.05) is 21.6 Å². The van der Waals surface area contributed by atoms with Crippen molar-refractivity contribution in [2.75, 3.05) is 31.2 Å². The molecular formula is C40H63N15O17S2. The zero-order valence-electron chi connectivity index (χ0n) is 40.2. The Morgan fingerprint density at radius 2 is 1.22 bits per heavy atom. The number of aliphatic hydroxyl groups is 3. The molecule has 0 spiro atoms. The number of imidazole rings is 1. The lowest BCUT2D eigenvalue weighted by atomic mass is 10.0. The van der Waals surface area contributed by atoms with Crippen molar-refractivity contribution in [3.8, 4) is 0 Å². The summed E-state index contributed by atoms with van der Waals surface area (Å²) in [5.41, 5.74) is 16.6. The van der Waals surface area contributed by atoms with Crippen LogP contribution in [0.3, 0.4) is 0 Å². The number of carbonyl (C=O) groups is 13. The summed E-state index contributed by atoms with van der Waals surface area (Å²) in [6.07, 6.45) is -3.50. The van der Waals surface area contributed by atoms with Crippen molar-refractivity contribution in [1.29, 1.82) is 0 Å². The van der Waals surface area contributed by atoms with Crippen LogP contribution in [0.4, 0.5) is 0 Å². The number of aliphatic carboxylic acids is 1. The quantitative estimate of drug-likeness (QED) is 0.0684. The van der Waals surface area contributed by atoms with E-state index in [1.165, 1.54) is 19.4 Å². The number of rotatable bonds is 16. The van der Waals surface area contributed by atoms with Crippen LogP contribution in [0.1, 0.15) is 52.1 Å². The Labute approximate surface area is 429 Å². The standard InChI is InChI=1S/C40H63N15O17S2/c1-16(41)32(64)52-25-14-74-73-13-24(33(65)46-11-29(62)63)53-35(67)20(4-6-26(42)59)49-36(68)22(8-19-9-44-15-47-19)51-34(66)21(5-7-27(43)60)50-40(72)31(18(3)58)55-37(69)23(12-56)48-28(61)10-45-39(71)30(17(2)57)54-38(25)70/h9,15-18,20-25,30-31,56-58H,4-8,10-14,41H2,1-3H3,(H2,42,59)(H2,43,60)(H,44,47)(H,45,71)(H,46,65)(H,48,61)(H,49,68)(H,50,72)(H,51,66)(H,52,64)(H,53,67)(H,54,70)(H,55,69)(H,62,63)/t16-,17+,18+,20-,21-,22?,23?,24?,25?,30?,31-/m0/s1. The number of aromatic nitrogens is 2. The zero-order chi connectivity index (χ0) is 55.8. The summed E-state index contributed by atoms with van der Waals surface area (Å²) in [5.74, 6) is -15.5. The van der Waals surface area contributed by atoms with Crippen LogP contribution in [-0.4, -0.2) is 205 Å². The highest BCUT2D eigenvalue weighted by Crippen LogP contribution is 2.24. The Balaban J connectivity index is 2.74. The van der Waals surface area contributed by atoms with E-state index in [-0.39, 0.29) is 11.4 Å².